The van der Waals surface area contributed by atoms with E-state index in [1.165, 1.54) is 23.6 Å². The molecule has 0 aliphatic carbocycles. The summed E-state index contributed by atoms with van der Waals surface area (Å²) in [5.74, 6) is 6.40. The summed E-state index contributed by atoms with van der Waals surface area (Å²) in [4.78, 5) is 36.2. The highest BCUT2D eigenvalue weighted by atomic mass is 35.5. The van der Waals surface area contributed by atoms with E-state index in [-0.39, 0.29) is 22.5 Å². The normalized spacial score (nSPS) is 17.2. The first kappa shape index (κ1) is 30.1. The standard InChI is InChI=1S/C30H29Cl2N11O2/c1-17-3-2-4-25(41-16-36-21(13-28(41)44)20-12-19(31)5-6-24(20)42(34)15-26(32)33)22-11-18(7-9-35-22)29-23(38-30(17)45)14-43(40-29)27-8-10-37-39-27/h5-17,25H,2-4,33-34H2,1H3,(H,37,39)(H,38,45)/b26-15-. The maximum atomic E-state index is 13.8. The number of rotatable bonds is 5. The van der Waals surface area contributed by atoms with E-state index in [0.717, 1.165) is 5.56 Å². The SMILES string of the molecule is CC1CCCC(n2cnc(-c3cc(Cl)ccc3N(N)/C=C(\N)Cl)cc2=O)c2cc(ccn2)-c2nn(-c3ccn[nH]3)cc2NC1=O. The molecule has 13 nitrogen and oxygen atoms in total. The second-order valence-corrected chi connectivity index (χ2v) is 11.6. The Bertz CT molecular complexity index is 1950. The van der Waals surface area contributed by atoms with Crippen molar-refractivity contribution in [3.8, 4) is 28.3 Å². The number of hydrazine groups is 1. The molecular weight excluding hydrogens is 617 g/mol. The van der Waals surface area contributed by atoms with E-state index in [4.69, 9.17) is 39.9 Å². The highest BCUT2D eigenvalue weighted by Gasteiger charge is 2.24. The summed E-state index contributed by atoms with van der Waals surface area (Å²) in [5, 5.41) is 16.3. The van der Waals surface area contributed by atoms with Crippen LogP contribution in [0.1, 0.15) is 37.9 Å². The van der Waals surface area contributed by atoms with Gasteiger partial charge in [0.15, 0.2) is 0 Å². The summed E-state index contributed by atoms with van der Waals surface area (Å²) < 4.78 is 3.17. The Labute approximate surface area is 267 Å². The van der Waals surface area contributed by atoms with Gasteiger partial charge in [-0.2, -0.15) is 10.2 Å². The lowest BCUT2D eigenvalue weighted by atomic mass is 9.97. The Morgan fingerprint density at radius 2 is 1.96 bits per heavy atom. The summed E-state index contributed by atoms with van der Waals surface area (Å²) in [6.45, 7) is 1.88. The van der Waals surface area contributed by atoms with Crippen LogP contribution in [0.5, 0.6) is 0 Å². The number of fused-ring (bicyclic) bond motifs is 4. The first-order chi connectivity index (χ1) is 21.7. The number of amides is 1. The first-order valence-corrected chi connectivity index (χ1v) is 14.8. The van der Waals surface area contributed by atoms with Crippen LogP contribution in [0.15, 0.2) is 83.5 Å². The average Bonchev–Trinajstić information content (AvgIpc) is 3.69. The molecule has 0 spiro atoms. The van der Waals surface area contributed by atoms with Gasteiger partial charge in [0.1, 0.15) is 16.7 Å². The van der Waals surface area contributed by atoms with Gasteiger partial charge in [0.25, 0.3) is 5.56 Å². The van der Waals surface area contributed by atoms with Crippen molar-refractivity contribution in [2.45, 2.75) is 32.2 Å². The monoisotopic (exact) mass is 645 g/mol. The number of hydrogen-bond acceptors (Lipinski definition) is 9. The van der Waals surface area contributed by atoms with Gasteiger partial charge in [0, 0.05) is 40.4 Å². The smallest absolute Gasteiger partial charge is 0.254 e. The van der Waals surface area contributed by atoms with Crippen molar-refractivity contribution in [3.63, 3.8) is 0 Å². The number of carbonyl (C=O) groups is 1. The number of carbonyl (C=O) groups excluding carboxylic acids is 1. The Kier molecular flexibility index (Phi) is 8.39. The third kappa shape index (κ3) is 6.32. The minimum absolute atomic E-state index is 0.0222. The van der Waals surface area contributed by atoms with E-state index >= 15 is 0 Å². The quantitative estimate of drug-likeness (QED) is 0.121. The number of aromatic amines is 1. The molecule has 5 aromatic rings. The predicted molar refractivity (Wildman–Crippen MR) is 172 cm³/mol. The number of hydrogen-bond donors (Lipinski definition) is 4. The molecule has 15 heteroatoms. The van der Waals surface area contributed by atoms with Crippen molar-refractivity contribution >= 4 is 40.5 Å². The molecule has 2 unspecified atom stereocenters. The molecule has 1 amide bonds. The molecule has 230 valence electrons. The van der Waals surface area contributed by atoms with Crippen molar-refractivity contribution in [1.82, 2.24) is 34.5 Å². The first-order valence-electron chi connectivity index (χ1n) is 14.1. The number of nitrogens with zero attached hydrogens (tertiary/aromatic N) is 7. The highest BCUT2D eigenvalue weighted by Crippen LogP contribution is 2.34. The van der Waals surface area contributed by atoms with Crippen LogP contribution in [0.2, 0.25) is 5.02 Å². The number of H-pyrrole nitrogens is 1. The lowest BCUT2D eigenvalue weighted by Gasteiger charge is -2.22. The molecule has 2 atom stereocenters. The molecule has 45 heavy (non-hydrogen) atoms. The van der Waals surface area contributed by atoms with Crippen molar-refractivity contribution in [3.05, 3.63) is 99.8 Å². The Morgan fingerprint density at radius 3 is 2.71 bits per heavy atom. The maximum absolute atomic E-state index is 13.8. The summed E-state index contributed by atoms with van der Waals surface area (Å²) in [6, 6.07) is 11.4. The summed E-state index contributed by atoms with van der Waals surface area (Å²) in [6.07, 6.45) is 9.67. The van der Waals surface area contributed by atoms with Gasteiger partial charge in [-0.3, -0.25) is 29.2 Å². The molecule has 0 saturated heterocycles. The fourth-order valence-electron chi connectivity index (χ4n) is 5.32. The van der Waals surface area contributed by atoms with Gasteiger partial charge < -0.3 is 11.1 Å². The van der Waals surface area contributed by atoms with E-state index < -0.39 is 6.04 Å². The average molecular weight is 647 g/mol. The largest absolute Gasteiger partial charge is 0.388 e. The molecule has 2 bridgehead atoms. The minimum Gasteiger partial charge on any atom is -0.388 e. The van der Waals surface area contributed by atoms with Gasteiger partial charge in [-0.15, -0.1) is 0 Å². The predicted octanol–water partition coefficient (Wildman–Crippen LogP) is 4.56. The Balaban J connectivity index is 1.43. The van der Waals surface area contributed by atoms with Crippen molar-refractivity contribution < 1.29 is 4.79 Å². The molecular formula is C30H29Cl2N11O2. The van der Waals surface area contributed by atoms with Gasteiger partial charge in [-0.05, 0) is 43.2 Å². The number of nitrogens with one attached hydrogen (secondary N) is 2. The molecule has 1 aliphatic heterocycles. The fourth-order valence-corrected chi connectivity index (χ4v) is 5.60. The minimum atomic E-state index is -0.462. The fraction of sp³-hybridized carbons (Fsp3) is 0.200. The number of halogens is 2. The molecule has 5 heterocycles. The second kappa shape index (κ2) is 12.6. The van der Waals surface area contributed by atoms with E-state index in [0.29, 0.717) is 64.1 Å². The molecule has 6 N–H and O–H groups in total. The molecule has 6 rings (SSSR count). The number of pyridine rings is 1. The number of aromatic nitrogens is 7. The van der Waals surface area contributed by atoms with Crippen LogP contribution in [-0.2, 0) is 4.79 Å². The van der Waals surface area contributed by atoms with Crippen molar-refractivity contribution in [2.24, 2.45) is 17.5 Å². The van der Waals surface area contributed by atoms with Crippen LogP contribution < -0.4 is 27.5 Å². The second-order valence-electron chi connectivity index (χ2n) is 10.7. The molecule has 4 aromatic heterocycles. The van der Waals surface area contributed by atoms with Gasteiger partial charge >= 0.3 is 0 Å². The zero-order valence-corrected chi connectivity index (χ0v) is 25.6. The van der Waals surface area contributed by atoms with Gasteiger partial charge in [0.2, 0.25) is 5.91 Å². The highest BCUT2D eigenvalue weighted by molar-refractivity contribution is 6.31. The van der Waals surface area contributed by atoms with Crippen LogP contribution in [0, 0.1) is 5.92 Å². The van der Waals surface area contributed by atoms with E-state index in [1.807, 2.05) is 19.1 Å². The van der Waals surface area contributed by atoms with Crippen LogP contribution in [0.4, 0.5) is 11.4 Å². The summed E-state index contributed by atoms with van der Waals surface area (Å²) in [7, 11) is 0. The summed E-state index contributed by atoms with van der Waals surface area (Å²) in [5.41, 5.74) is 9.16. The zero-order valence-electron chi connectivity index (χ0n) is 24.1. The van der Waals surface area contributed by atoms with Gasteiger partial charge in [0.05, 0.1) is 53.7 Å². The van der Waals surface area contributed by atoms with E-state index in [2.05, 4.69) is 25.5 Å². The van der Waals surface area contributed by atoms with Crippen LogP contribution in [-0.4, -0.2) is 40.4 Å². The van der Waals surface area contributed by atoms with E-state index in [1.54, 1.807) is 52.1 Å². The maximum Gasteiger partial charge on any atom is 0.254 e. The number of benzene rings is 1. The molecule has 1 aromatic carbocycles. The number of nitrogens with two attached hydrogens (primary N) is 2. The lowest BCUT2D eigenvalue weighted by molar-refractivity contribution is -0.119. The lowest BCUT2D eigenvalue weighted by Crippen LogP contribution is -2.28. The van der Waals surface area contributed by atoms with Crippen LogP contribution in [0.25, 0.3) is 28.3 Å². The third-order valence-corrected chi connectivity index (χ3v) is 7.94. The van der Waals surface area contributed by atoms with Gasteiger partial charge in [-0.25, -0.2) is 15.5 Å². The molecule has 0 saturated carbocycles. The Morgan fingerprint density at radius 1 is 1.11 bits per heavy atom. The molecule has 0 fully saturated rings. The van der Waals surface area contributed by atoms with Crippen molar-refractivity contribution in [2.75, 3.05) is 10.3 Å². The number of anilines is 2. The van der Waals surface area contributed by atoms with Crippen LogP contribution >= 0.6 is 23.2 Å². The molecule has 0 radical (unpaired) electrons. The van der Waals surface area contributed by atoms with Crippen LogP contribution in [0.3, 0.4) is 0 Å². The van der Waals surface area contributed by atoms with Crippen molar-refractivity contribution in [1.29, 1.82) is 0 Å². The zero-order chi connectivity index (χ0) is 31.7. The van der Waals surface area contributed by atoms with Gasteiger partial charge in [-0.1, -0.05) is 36.5 Å². The third-order valence-electron chi connectivity index (χ3n) is 7.61. The Hall–Kier alpha value is -4.98. The van der Waals surface area contributed by atoms with E-state index in [9.17, 15) is 9.59 Å². The molecule has 1 aliphatic rings. The topological polar surface area (TPSA) is 179 Å². The summed E-state index contributed by atoms with van der Waals surface area (Å²) >= 11 is 12.1.